The monoisotopic (exact) mass is 464 g/mol. The maximum absolute atomic E-state index is 12.7. The second-order valence-electron chi connectivity index (χ2n) is 7.98. The predicted molar refractivity (Wildman–Crippen MR) is 140 cm³/mol. The second kappa shape index (κ2) is 9.93. The van der Waals surface area contributed by atoms with Gasteiger partial charge >= 0.3 is 0 Å². The molecule has 0 aliphatic heterocycles. The van der Waals surface area contributed by atoms with Crippen LogP contribution in [-0.4, -0.2) is 26.4 Å². The zero-order chi connectivity index (χ0) is 23.3. The second-order valence-corrected chi connectivity index (χ2v) is 8.92. The highest BCUT2D eigenvalue weighted by atomic mass is 32.2. The van der Waals surface area contributed by atoms with Crippen LogP contribution in [0.15, 0.2) is 103 Å². The third-order valence-corrected chi connectivity index (χ3v) is 6.70. The van der Waals surface area contributed by atoms with E-state index in [1.807, 2.05) is 59.2 Å². The smallest absolute Gasteiger partial charge is 0.234 e. The molecule has 0 radical (unpaired) electrons. The lowest BCUT2D eigenvalue weighted by molar-refractivity contribution is -0.113. The molecule has 6 heteroatoms. The molecule has 0 bridgehead atoms. The van der Waals surface area contributed by atoms with Gasteiger partial charge in [-0.3, -0.25) is 4.79 Å². The van der Waals surface area contributed by atoms with Crippen LogP contribution in [0.1, 0.15) is 11.4 Å². The highest BCUT2D eigenvalue weighted by Gasteiger charge is 2.15. The molecule has 5 nitrogen and oxygen atoms in total. The lowest BCUT2D eigenvalue weighted by atomic mass is 10.0. The van der Waals surface area contributed by atoms with Crippen LogP contribution in [0.3, 0.4) is 0 Å². The van der Waals surface area contributed by atoms with Crippen molar-refractivity contribution in [1.82, 2.24) is 14.8 Å². The molecule has 1 aromatic heterocycles. The number of hydrogen-bond donors (Lipinski definition) is 1. The number of benzene rings is 4. The first-order valence-electron chi connectivity index (χ1n) is 11.1. The van der Waals surface area contributed by atoms with Crippen molar-refractivity contribution in [2.45, 2.75) is 18.1 Å². The van der Waals surface area contributed by atoms with Crippen molar-refractivity contribution in [2.24, 2.45) is 0 Å². The van der Waals surface area contributed by atoms with Crippen LogP contribution < -0.4 is 5.32 Å². The summed E-state index contributed by atoms with van der Waals surface area (Å²) in [5, 5.41) is 17.1. The van der Waals surface area contributed by atoms with E-state index in [-0.39, 0.29) is 11.7 Å². The third-order valence-electron chi connectivity index (χ3n) is 5.73. The number of fused-ring (bicyclic) bond motifs is 2. The summed E-state index contributed by atoms with van der Waals surface area (Å²) in [6.07, 6.45) is 2.49. The van der Waals surface area contributed by atoms with Crippen LogP contribution in [0.4, 0.5) is 5.69 Å². The van der Waals surface area contributed by atoms with E-state index in [4.69, 9.17) is 0 Å². The van der Waals surface area contributed by atoms with E-state index in [9.17, 15) is 4.79 Å². The summed E-state index contributed by atoms with van der Waals surface area (Å²) < 4.78 is 2.03. The zero-order valence-electron chi connectivity index (χ0n) is 18.6. The minimum absolute atomic E-state index is 0.0786. The molecule has 168 valence electrons. The fraction of sp³-hybridized carbons (Fsp3) is 0.107. The van der Waals surface area contributed by atoms with Crippen molar-refractivity contribution in [3.8, 4) is 0 Å². The number of allylic oxidation sites excluding steroid dienone is 1. The van der Waals surface area contributed by atoms with Crippen LogP contribution in [0.5, 0.6) is 0 Å². The molecular formula is C28H24N4OS. The summed E-state index contributed by atoms with van der Waals surface area (Å²) in [6.45, 7) is 4.47. The maximum Gasteiger partial charge on any atom is 0.234 e. The summed E-state index contributed by atoms with van der Waals surface area (Å²) in [6, 6.07) is 28.6. The first-order chi connectivity index (χ1) is 16.7. The van der Waals surface area contributed by atoms with Gasteiger partial charge in [0.1, 0.15) is 5.82 Å². The van der Waals surface area contributed by atoms with Gasteiger partial charge in [-0.15, -0.1) is 16.8 Å². The number of anilines is 1. The normalized spacial score (nSPS) is 11.1. The van der Waals surface area contributed by atoms with E-state index >= 15 is 0 Å². The van der Waals surface area contributed by atoms with Gasteiger partial charge in [0.05, 0.1) is 5.75 Å². The quantitative estimate of drug-likeness (QED) is 0.223. The van der Waals surface area contributed by atoms with Crippen LogP contribution in [0, 0.1) is 0 Å². The first-order valence-corrected chi connectivity index (χ1v) is 12.1. The predicted octanol–water partition coefficient (Wildman–Crippen LogP) is 6.09. The molecule has 0 atom stereocenters. The van der Waals surface area contributed by atoms with Gasteiger partial charge in [-0.25, -0.2) is 0 Å². The van der Waals surface area contributed by atoms with Crippen LogP contribution >= 0.6 is 11.8 Å². The van der Waals surface area contributed by atoms with Gasteiger partial charge in [0.2, 0.25) is 5.91 Å². The standard InChI is InChI=1S/C28H24N4OS/c1-2-17-32-26(18-22-13-7-11-20-9-3-5-14-23(20)22)30-31-28(32)34-19-27(33)29-25-16-8-12-21-10-4-6-15-24(21)25/h2-16H,1,17-19H2,(H,29,33). The van der Waals surface area contributed by atoms with E-state index in [1.54, 1.807) is 0 Å². The highest BCUT2D eigenvalue weighted by Crippen LogP contribution is 2.25. The summed E-state index contributed by atoms with van der Waals surface area (Å²) in [5.74, 6) is 1.02. The van der Waals surface area contributed by atoms with Gasteiger partial charge in [0, 0.05) is 24.0 Å². The Balaban J connectivity index is 1.32. The van der Waals surface area contributed by atoms with Crippen molar-refractivity contribution < 1.29 is 4.79 Å². The van der Waals surface area contributed by atoms with Crippen LogP contribution in [0.2, 0.25) is 0 Å². The molecule has 0 aliphatic carbocycles. The number of thioether (sulfide) groups is 1. The fourth-order valence-electron chi connectivity index (χ4n) is 4.14. The van der Waals surface area contributed by atoms with Gasteiger partial charge in [0.15, 0.2) is 5.16 Å². The lowest BCUT2D eigenvalue weighted by Gasteiger charge is -2.10. The molecule has 0 spiro atoms. The Kier molecular flexibility index (Phi) is 6.40. The number of aromatic nitrogens is 3. The number of hydrogen-bond acceptors (Lipinski definition) is 4. The Morgan fingerprint density at radius 1 is 0.882 bits per heavy atom. The molecule has 0 saturated carbocycles. The number of carbonyl (C=O) groups excluding carboxylic acids is 1. The number of nitrogens with one attached hydrogen (secondary N) is 1. The van der Waals surface area contributed by atoms with E-state index in [2.05, 4.69) is 58.5 Å². The topological polar surface area (TPSA) is 59.8 Å². The number of carbonyl (C=O) groups is 1. The Morgan fingerprint density at radius 2 is 1.56 bits per heavy atom. The Bertz CT molecular complexity index is 1480. The van der Waals surface area contributed by atoms with Gasteiger partial charge < -0.3 is 9.88 Å². The first kappa shape index (κ1) is 21.9. The van der Waals surface area contributed by atoms with E-state index in [1.165, 1.54) is 28.1 Å². The number of rotatable bonds is 8. The molecule has 0 saturated heterocycles. The number of amides is 1. The molecule has 5 aromatic rings. The highest BCUT2D eigenvalue weighted by molar-refractivity contribution is 7.99. The Labute approximate surface area is 202 Å². The van der Waals surface area contributed by atoms with E-state index < -0.39 is 0 Å². The average molecular weight is 465 g/mol. The van der Waals surface area contributed by atoms with Gasteiger partial charge in [0.25, 0.3) is 0 Å². The zero-order valence-corrected chi connectivity index (χ0v) is 19.5. The molecule has 1 amide bonds. The average Bonchev–Trinajstić information content (AvgIpc) is 3.24. The van der Waals surface area contributed by atoms with Crippen molar-refractivity contribution in [1.29, 1.82) is 0 Å². The lowest BCUT2D eigenvalue weighted by Crippen LogP contribution is -2.15. The maximum atomic E-state index is 12.7. The molecule has 0 unspecified atom stereocenters. The van der Waals surface area contributed by atoms with Gasteiger partial charge in [-0.2, -0.15) is 0 Å². The molecule has 34 heavy (non-hydrogen) atoms. The molecule has 1 heterocycles. The van der Waals surface area contributed by atoms with Crippen molar-refractivity contribution in [3.63, 3.8) is 0 Å². The minimum atomic E-state index is -0.0786. The SMILES string of the molecule is C=CCn1c(Cc2cccc3ccccc23)nnc1SCC(=O)Nc1cccc2ccccc12. The molecular weight excluding hydrogens is 440 g/mol. The van der Waals surface area contributed by atoms with Crippen LogP contribution in [-0.2, 0) is 17.8 Å². The summed E-state index contributed by atoms with van der Waals surface area (Å²) in [5.41, 5.74) is 2.01. The summed E-state index contributed by atoms with van der Waals surface area (Å²) in [7, 11) is 0. The van der Waals surface area contributed by atoms with Gasteiger partial charge in [-0.1, -0.05) is 96.7 Å². The molecule has 0 aliphatic rings. The van der Waals surface area contributed by atoms with Gasteiger partial charge in [-0.05, 0) is 27.8 Å². The van der Waals surface area contributed by atoms with E-state index in [0.29, 0.717) is 18.1 Å². The van der Waals surface area contributed by atoms with E-state index in [0.717, 1.165) is 22.3 Å². The summed E-state index contributed by atoms with van der Waals surface area (Å²) in [4.78, 5) is 12.7. The number of nitrogens with zero attached hydrogens (tertiary/aromatic N) is 3. The summed E-state index contributed by atoms with van der Waals surface area (Å²) >= 11 is 1.38. The fourth-order valence-corrected chi connectivity index (χ4v) is 4.90. The third kappa shape index (κ3) is 4.58. The minimum Gasteiger partial charge on any atom is -0.325 e. The van der Waals surface area contributed by atoms with Crippen molar-refractivity contribution in [3.05, 3.63) is 109 Å². The van der Waals surface area contributed by atoms with Crippen LogP contribution in [0.25, 0.3) is 21.5 Å². The van der Waals surface area contributed by atoms with Crippen molar-refractivity contribution in [2.75, 3.05) is 11.1 Å². The van der Waals surface area contributed by atoms with Crippen molar-refractivity contribution >= 4 is 44.9 Å². The Morgan fingerprint density at radius 3 is 2.35 bits per heavy atom. The molecule has 1 N–H and O–H groups in total. The Hall–Kier alpha value is -3.90. The molecule has 0 fully saturated rings. The molecule has 4 aromatic carbocycles. The molecule has 5 rings (SSSR count). The largest absolute Gasteiger partial charge is 0.325 e.